The summed E-state index contributed by atoms with van der Waals surface area (Å²) < 4.78 is 5.44. The highest BCUT2D eigenvalue weighted by atomic mass is 16.5. The molecule has 4 heteroatoms. The first-order chi connectivity index (χ1) is 9.10. The molecule has 2 unspecified atom stereocenters. The van der Waals surface area contributed by atoms with Crippen molar-refractivity contribution in [3.05, 3.63) is 18.1 Å². The maximum absolute atomic E-state index is 5.44. The molecule has 108 valence electrons. The monoisotopic (exact) mass is 265 g/mol. The van der Waals surface area contributed by atoms with Crippen molar-refractivity contribution in [2.75, 3.05) is 13.2 Å². The average molecular weight is 265 g/mol. The molecule has 0 amide bonds. The summed E-state index contributed by atoms with van der Waals surface area (Å²) in [5.74, 6) is 1.47. The summed E-state index contributed by atoms with van der Waals surface area (Å²) in [6, 6.07) is 0.381. The smallest absolute Gasteiger partial charge is 0.232 e. The van der Waals surface area contributed by atoms with Crippen LogP contribution in [0.15, 0.2) is 12.4 Å². The van der Waals surface area contributed by atoms with Crippen molar-refractivity contribution in [3.63, 3.8) is 0 Å². The molecule has 1 heterocycles. The van der Waals surface area contributed by atoms with Crippen LogP contribution in [0.4, 0.5) is 0 Å². The minimum absolute atomic E-state index is 0.347. The summed E-state index contributed by atoms with van der Waals surface area (Å²) in [5, 5.41) is 3.56. The van der Waals surface area contributed by atoms with Gasteiger partial charge in [0.15, 0.2) is 0 Å². The van der Waals surface area contributed by atoms with Crippen LogP contribution in [0.2, 0.25) is 0 Å². The summed E-state index contributed by atoms with van der Waals surface area (Å²) in [4.78, 5) is 8.84. The summed E-state index contributed by atoms with van der Waals surface area (Å²) in [7, 11) is 0. The summed E-state index contributed by atoms with van der Waals surface area (Å²) >= 11 is 0. The van der Waals surface area contributed by atoms with E-state index in [4.69, 9.17) is 4.74 Å². The van der Waals surface area contributed by atoms with E-state index in [0.29, 0.717) is 30.4 Å². The molecule has 2 atom stereocenters. The van der Waals surface area contributed by atoms with E-state index in [0.717, 1.165) is 18.7 Å². The summed E-state index contributed by atoms with van der Waals surface area (Å²) in [6.45, 7) is 12.5. The Hall–Kier alpha value is -1.16. The van der Waals surface area contributed by atoms with Gasteiger partial charge in [-0.2, -0.15) is 0 Å². The zero-order valence-corrected chi connectivity index (χ0v) is 12.8. The van der Waals surface area contributed by atoms with Crippen LogP contribution in [-0.2, 0) is 0 Å². The maximum Gasteiger partial charge on any atom is 0.232 e. The molecule has 1 aromatic heterocycles. The minimum Gasteiger partial charge on any atom is -0.477 e. The van der Waals surface area contributed by atoms with Crippen molar-refractivity contribution >= 4 is 0 Å². The lowest BCUT2D eigenvalue weighted by molar-refractivity contribution is 0.317. The van der Waals surface area contributed by atoms with Crippen LogP contribution in [0.5, 0.6) is 5.88 Å². The molecule has 0 radical (unpaired) electrons. The molecule has 0 aliphatic rings. The van der Waals surface area contributed by atoms with Gasteiger partial charge < -0.3 is 10.1 Å². The summed E-state index contributed by atoms with van der Waals surface area (Å²) in [5.41, 5.74) is 1.01. The fraction of sp³-hybridized carbons (Fsp3) is 0.733. The first-order valence-corrected chi connectivity index (χ1v) is 7.28. The van der Waals surface area contributed by atoms with Crippen LogP contribution in [0.25, 0.3) is 0 Å². The van der Waals surface area contributed by atoms with E-state index >= 15 is 0 Å². The number of aromatic nitrogens is 2. The third-order valence-electron chi connectivity index (χ3n) is 3.24. The van der Waals surface area contributed by atoms with Crippen molar-refractivity contribution in [1.29, 1.82) is 0 Å². The highest BCUT2D eigenvalue weighted by Crippen LogP contribution is 2.27. The highest BCUT2D eigenvalue weighted by molar-refractivity contribution is 5.14. The Labute approximate surface area is 117 Å². The summed E-state index contributed by atoms with van der Waals surface area (Å²) in [6.07, 6.45) is 4.67. The number of ether oxygens (including phenoxy) is 1. The van der Waals surface area contributed by atoms with Crippen molar-refractivity contribution in [1.82, 2.24) is 15.3 Å². The lowest BCUT2D eigenvalue weighted by atomic mass is 9.86. The second-order valence-electron chi connectivity index (χ2n) is 5.23. The number of hydrogen-bond donors (Lipinski definition) is 1. The molecule has 0 bridgehead atoms. The molecule has 0 fully saturated rings. The Morgan fingerprint density at radius 1 is 1.21 bits per heavy atom. The van der Waals surface area contributed by atoms with Crippen molar-refractivity contribution in [2.24, 2.45) is 5.92 Å². The molecular formula is C15H27N3O. The van der Waals surface area contributed by atoms with Gasteiger partial charge in [-0.3, -0.25) is 4.98 Å². The van der Waals surface area contributed by atoms with E-state index in [1.54, 1.807) is 6.20 Å². The van der Waals surface area contributed by atoms with Gasteiger partial charge in [0.25, 0.3) is 0 Å². The molecule has 19 heavy (non-hydrogen) atoms. The van der Waals surface area contributed by atoms with E-state index < -0.39 is 0 Å². The zero-order valence-electron chi connectivity index (χ0n) is 12.8. The number of rotatable bonds is 8. The van der Waals surface area contributed by atoms with Crippen molar-refractivity contribution in [3.8, 4) is 5.88 Å². The topological polar surface area (TPSA) is 47.0 Å². The third kappa shape index (κ3) is 4.78. The second kappa shape index (κ2) is 8.10. The average Bonchev–Trinajstić information content (AvgIpc) is 2.37. The lowest BCUT2D eigenvalue weighted by Gasteiger charge is -2.27. The Kier molecular flexibility index (Phi) is 6.78. The Morgan fingerprint density at radius 3 is 2.53 bits per heavy atom. The minimum atomic E-state index is 0.347. The van der Waals surface area contributed by atoms with Gasteiger partial charge in [-0.15, -0.1) is 0 Å². The predicted molar refractivity (Wildman–Crippen MR) is 78.5 cm³/mol. The first-order valence-electron chi connectivity index (χ1n) is 7.28. The van der Waals surface area contributed by atoms with Crippen LogP contribution in [0.3, 0.4) is 0 Å². The van der Waals surface area contributed by atoms with Crippen LogP contribution in [-0.4, -0.2) is 29.2 Å². The largest absolute Gasteiger partial charge is 0.477 e. The SMILES string of the molecule is CCCNC(C)C(c1cncc(OCC)n1)C(C)C. The molecule has 0 aliphatic carbocycles. The van der Waals surface area contributed by atoms with E-state index in [-0.39, 0.29) is 0 Å². The van der Waals surface area contributed by atoms with Crippen LogP contribution >= 0.6 is 0 Å². The molecule has 0 aliphatic heterocycles. The Bertz CT molecular complexity index is 368. The fourth-order valence-corrected chi connectivity index (χ4v) is 2.41. The predicted octanol–water partition coefficient (Wildman–Crippen LogP) is 3.00. The van der Waals surface area contributed by atoms with E-state index in [1.165, 1.54) is 0 Å². The van der Waals surface area contributed by atoms with Crippen LogP contribution in [0.1, 0.15) is 52.7 Å². The molecule has 0 spiro atoms. The zero-order chi connectivity index (χ0) is 14.3. The lowest BCUT2D eigenvalue weighted by Crippen LogP contribution is -2.35. The third-order valence-corrected chi connectivity index (χ3v) is 3.24. The molecule has 4 nitrogen and oxygen atoms in total. The molecular weight excluding hydrogens is 238 g/mol. The Balaban J connectivity index is 2.88. The van der Waals surface area contributed by atoms with Crippen molar-refractivity contribution < 1.29 is 4.74 Å². The van der Waals surface area contributed by atoms with E-state index in [9.17, 15) is 0 Å². The molecule has 1 aromatic rings. The number of nitrogens with zero attached hydrogens (tertiary/aromatic N) is 2. The first kappa shape index (κ1) is 15.9. The van der Waals surface area contributed by atoms with Crippen molar-refractivity contribution in [2.45, 2.75) is 53.0 Å². The van der Waals surface area contributed by atoms with Gasteiger partial charge in [0, 0.05) is 18.2 Å². The normalized spacial score (nSPS) is 14.4. The Morgan fingerprint density at radius 2 is 1.95 bits per heavy atom. The van der Waals surface area contributed by atoms with Gasteiger partial charge in [-0.05, 0) is 32.7 Å². The molecule has 0 aromatic carbocycles. The highest BCUT2D eigenvalue weighted by Gasteiger charge is 2.24. The maximum atomic E-state index is 5.44. The van der Waals surface area contributed by atoms with Gasteiger partial charge in [-0.25, -0.2) is 4.98 Å². The van der Waals surface area contributed by atoms with Gasteiger partial charge in [-0.1, -0.05) is 20.8 Å². The molecule has 1 rings (SSSR count). The fourth-order valence-electron chi connectivity index (χ4n) is 2.41. The quantitative estimate of drug-likeness (QED) is 0.785. The van der Waals surface area contributed by atoms with E-state index in [1.807, 2.05) is 13.1 Å². The molecule has 0 saturated carbocycles. The number of hydrogen-bond acceptors (Lipinski definition) is 4. The van der Waals surface area contributed by atoms with Gasteiger partial charge in [0.1, 0.15) is 0 Å². The van der Waals surface area contributed by atoms with Gasteiger partial charge in [0.2, 0.25) is 5.88 Å². The molecule has 0 saturated heterocycles. The van der Waals surface area contributed by atoms with Gasteiger partial charge >= 0.3 is 0 Å². The molecule has 1 N–H and O–H groups in total. The van der Waals surface area contributed by atoms with Crippen LogP contribution < -0.4 is 10.1 Å². The number of nitrogens with one attached hydrogen (secondary N) is 1. The van der Waals surface area contributed by atoms with Crippen LogP contribution in [0, 0.1) is 5.92 Å². The van der Waals surface area contributed by atoms with E-state index in [2.05, 4.69) is 43.0 Å². The second-order valence-corrected chi connectivity index (χ2v) is 5.23. The van der Waals surface area contributed by atoms with Gasteiger partial charge in [0.05, 0.1) is 18.5 Å². The standard InChI is InChI=1S/C15H27N3O/c1-6-8-17-12(5)15(11(3)4)13-9-16-10-14(18-13)19-7-2/h9-12,15,17H,6-8H2,1-5H3.